The minimum absolute atomic E-state index is 0.565. The molecule has 13 heavy (non-hydrogen) atoms. The van der Waals surface area contributed by atoms with Crippen LogP contribution in [0.5, 0.6) is 0 Å². The van der Waals surface area contributed by atoms with E-state index in [0.29, 0.717) is 0 Å². The average Bonchev–Trinajstić information content (AvgIpc) is 2.20. The van der Waals surface area contributed by atoms with Crippen LogP contribution in [0.4, 0.5) is 0 Å². The molecule has 1 heterocycles. The van der Waals surface area contributed by atoms with E-state index >= 15 is 0 Å². The van der Waals surface area contributed by atoms with Crippen LogP contribution in [0.25, 0.3) is 0 Å². The van der Waals surface area contributed by atoms with Crippen LogP contribution < -0.4 is 0 Å². The van der Waals surface area contributed by atoms with Gasteiger partial charge in [0.2, 0.25) is 0 Å². The van der Waals surface area contributed by atoms with E-state index in [1.165, 1.54) is 5.75 Å². The predicted octanol–water partition coefficient (Wildman–Crippen LogP) is 2.40. The first kappa shape index (κ1) is 9.10. The topological polar surface area (TPSA) is 20.2 Å². The van der Waals surface area contributed by atoms with Crippen molar-refractivity contribution in [1.82, 2.24) is 0 Å². The Hall–Kier alpha value is -0.470. The lowest BCUT2D eigenvalue weighted by atomic mass is 9.91. The van der Waals surface area contributed by atoms with Gasteiger partial charge in [-0.15, -0.1) is 0 Å². The molecule has 1 fully saturated rings. The van der Waals surface area contributed by atoms with Crippen molar-refractivity contribution >= 4 is 11.8 Å². The minimum Gasteiger partial charge on any atom is -0.384 e. The molecule has 1 atom stereocenters. The van der Waals surface area contributed by atoms with E-state index in [4.69, 9.17) is 0 Å². The van der Waals surface area contributed by atoms with Crippen molar-refractivity contribution < 1.29 is 5.11 Å². The first-order chi connectivity index (χ1) is 6.31. The van der Waals surface area contributed by atoms with E-state index < -0.39 is 5.60 Å². The normalized spacial score (nSPS) is 28.7. The third kappa shape index (κ3) is 1.89. The molecule has 1 aromatic carbocycles. The van der Waals surface area contributed by atoms with Gasteiger partial charge in [0.1, 0.15) is 0 Å². The van der Waals surface area contributed by atoms with E-state index in [2.05, 4.69) is 0 Å². The SMILES string of the molecule is O[C@]1(c2ccccc2)CCCSC1. The molecule has 0 radical (unpaired) electrons. The first-order valence-corrected chi connectivity index (χ1v) is 5.82. The van der Waals surface area contributed by atoms with E-state index in [1.807, 2.05) is 42.1 Å². The van der Waals surface area contributed by atoms with Crippen LogP contribution in [0.15, 0.2) is 30.3 Å². The van der Waals surface area contributed by atoms with Crippen molar-refractivity contribution in [3.8, 4) is 0 Å². The van der Waals surface area contributed by atoms with Crippen LogP contribution in [0.3, 0.4) is 0 Å². The summed E-state index contributed by atoms with van der Waals surface area (Å²) in [6.07, 6.45) is 2.03. The van der Waals surface area contributed by atoms with Gasteiger partial charge in [-0.3, -0.25) is 0 Å². The van der Waals surface area contributed by atoms with Gasteiger partial charge in [0.05, 0.1) is 5.60 Å². The fourth-order valence-corrected chi connectivity index (χ4v) is 2.90. The fourth-order valence-electron chi connectivity index (χ4n) is 1.76. The molecular weight excluding hydrogens is 180 g/mol. The van der Waals surface area contributed by atoms with Gasteiger partial charge < -0.3 is 5.11 Å². The van der Waals surface area contributed by atoms with Gasteiger partial charge in [-0.25, -0.2) is 0 Å². The second-order valence-electron chi connectivity index (χ2n) is 3.55. The van der Waals surface area contributed by atoms with Crippen molar-refractivity contribution in [2.45, 2.75) is 18.4 Å². The van der Waals surface area contributed by atoms with Crippen LogP contribution in [0.2, 0.25) is 0 Å². The summed E-state index contributed by atoms with van der Waals surface area (Å²) in [5.74, 6) is 2.03. The van der Waals surface area contributed by atoms with Crippen LogP contribution in [-0.2, 0) is 5.60 Å². The molecule has 0 bridgehead atoms. The molecule has 2 heteroatoms. The lowest BCUT2D eigenvalue weighted by molar-refractivity contribution is 0.0495. The zero-order valence-corrected chi connectivity index (χ0v) is 8.39. The molecule has 1 aliphatic rings. The third-order valence-corrected chi connectivity index (χ3v) is 3.79. The summed E-state index contributed by atoms with van der Waals surface area (Å²) in [5.41, 5.74) is 0.506. The maximum absolute atomic E-state index is 10.3. The van der Waals surface area contributed by atoms with Gasteiger partial charge in [-0.2, -0.15) is 11.8 Å². The quantitative estimate of drug-likeness (QED) is 0.741. The van der Waals surface area contributed by atoms with E-state index in [-0.39, 0.29) is 0 Å². The Morgan fingerprint density at radius 1 is 1.23 bits per heavy atom. The summed E-state index contributed by atoms with van der Waals surface area (Å²) in [6.45, 7) is 0. The molecule has 1 saturated heterocycles. The molecule has 1 N–H and O–H groups in total. The summed E-state index contributed by atoms with van der Waals surface area (Å²) in [5, 5.41) is 10.3. The van der Waals surface area contributed by atoms with Crippen LogP contribution >= 0.6 is 11.8 Å². The molecular formula is C11H14OS. The summed E-state index contributed by atoms with van der Waals surface area (Å²) in [7, 11) is 0. The summed E-state index contributed by atoms with van der Waals surface area (Å²) >= 11 is 1.85. The monoisotopic (exact) mass is 194 g/mol. The Labute approximate surface area is 83.2 Å². The Morgan fingerprint density at radius 2 is 2.00 bits per heavy atom. The number of thioether (sulfide) groups is 1. The van der Waals surface area contributed by atoms with Crippen LogP contribution in [0, 0.1) is 0 Å². The Morgan fingerprint density at radius 3 is 2.62 bits per heavy atom. The van der Waals surface area contributed by atoms with Gasteiger partial charge in [-0.1, -0.05) is 30.3 Å². The maximum Gasteiger partial charge on any atom is 0.0986 e. The van der Waals surface area contributed by atoms with Crippen molar-refractivity contribution in [1.29, 1.82) is 0 Å². The summed E-state index contributed by atoms with van der Waals surface area (Å²) in [4.78, 5) is 0. The smallest absolute Gasteiger partial charge is 0.0986 e. The third-order valence-electron chi connectivity index (χ3n) is 2.53. The van der Waals surface area contributed by atoms with E-state index in [9.17, 15) is 5.11 Å². The zero-order chi connectivity index (χ0) is 9.15. The van der Waals surface area contributed by atoms with Crippen LogP contribution in [0.1, 0.15) is 18.4 Å². The number of rotatable bonds is 1. The Kier molecular flexibility index (Phi) is 2.61. The molecule has 0 aliphatic carbocycles. The number of benzene rings is 1. The van der Waals surface area contributed by atoms with Gasteiger partial charge in [-0.05, 0) is 24.2 Å². The average molecular weight is 194 g/mol. The Balaban J connectivity index is 2.23. The van der Waals surface area contributed by atoms with Crippen LogP contribution in [-0.4, -0.2) is 16.6 Å². The highest BCUT2D eigenvalue weighted by Gasteiger charge is 2.30. The molecule has 0 saturated carbocycles. The first-order valence-electron chi connectivity index (χ1n) is 4.67. The standard InChI is InChI=1S/C11H14OS/c12-11(7-4-8-13-9-11)10-5-2-1-3-6-10/h1-3,5-6,12H,4,7-9H2/t11-/m1/s1. The molecule has 0 amide bonds. The molecule has 1 nitrogen and oxygen atoms in total. The number of aliphatic hydroxyl groups is 1. The summed E-state index contributed by atoms with van der Waals surface area (Å²) < 4.78 is 0. The van der Waals surface area contributed by atoms with Crippen molar-refractivity contribution in [2.24, 2.45) is 0 Å². The molecule has 0 spiro atoms. The molecule has 70 valence electrons. The fraction of sp³-hybridized carbons (Fsp3) is 0.455. The molecule has 0 aromatic heterocycles. The highest BCUT2D eigenvalue weighted by molar-refractivity contribution is 7.99. The second kappa shape index (κ2) is 3.72. The number of hydrogen-bond donors (Lipinski definition) is 1. The van der Waals surface area contributed by atoms with Crippen molar-refractivity contribution in [2.75, 3.05) is 11.5 Å². The van der Waals surface area contributed by atoms with Gasteiger partial charge in [0.15, 0.2) is 0 Å². The lowest BCUT2D eigenvalue weighted by Gasteiger charge is -2.32. The zero-order valence-electron chi connectivity index (χ0n) is 7.57. The maximum atomic E-state index is 10.3. The molecule has 1 aliphatic heterocycles. The largest absolute Gasteiger partial charge is 0.384 e. The second-order valence-corrected chi connectivity index (χ2v) is 4.66. The highest BCUT2D eigenvalue weighted by Crippen LogP contribution is 2.34. The van der Waals surface area contributed by atoms with Crippen molar-refractivity contribution in [3.63, 3.8) is 0 Å². The van der Waals surface area contributed by atoms with Gasteiger partial charge >= 0.3 is 0 Å². The van der Waals surface area contributed by atoms with Gasteiger partial charge in [0, 0.05) is 5.75 Å². The predicted molar refractivity (Wildman–Crippen MR) is 56.9 cm³/mol. The van der Waals surface area contributed by atoms with Gasteiger partial charge in [0.25, 0.3) is 0 Å². The Bertz CT molecular complexity index is 265. The number of hydrogen-bond acceptors (Lipinski definition) is 2. The molecule has 0 unspecified atom stereocenters. The molecule has 2 rings (SSSR count). The van der Waals surface area contributed by atoms with E-state index in [1.54, 1.807) is 0 Å². The van der Waals surface area contributed by atoms with Crippen molar-refractivity contribution in [3.05, 3.63) is 35.9 Å². The lowest BCUT2D eigenvalue weighted by Crippen LogP contribution is -2.31. The summed E-state index contributed by atoms with van der Waals surface area (Å²) in [6, 6.07) is 10.0. The minimum atomic E-state index is -0.565. The highest BCUT2D eigenvalue weighted by atomic mass is 32.2. The molecule has 1 aromatic rings. The van der Waals surface area contributed by atoms with E-state index in [0.717, 1.165) is 24.2 Å².